The van der Waals surface area contributed by atoms with E-state index in [1.54, 1.807) is 0 Å². The molecule has 0 spiro atoms. The van der Waals surface area contributed by atoms with E-state index >= 15 is 0 Å². The predicted molar refractivity (Wildman–Crippen MR) is 85.3 cm³/mol. The van der Waals surface area contributed by atoms with Crippen molar-refractivity contribution in [2.75, 3.05) is 6.54 Å². The standard InChI is InChI=1S/C15H28BrN3/c1-7-13(8-2)19(9-11(3)4)10-14-15(16)12(5)17-18(14)6/h11,13H,7-10H2,1-6H3. The Morgan fingerprint density at radius 3 is 2.21 bits per heavy atom. The minimum atomic E-state index is 0.657. The lowest BCUT2D eigenvalue weighted by molar-refractivity contribution is 0.153. The van der Waals surface area contributed by atoms with Crippen LogP contribution in [0.25, 0.3) is 0 Å². The Bertz CT molecular complexity index is 394. The molecule has 0 fully saturated rings. The van der Waals surface area contributed by atoms with Crippen LogP contribution in [0.3, 0.4) is 0 Å². The predicted octanol–water partition coefficient (Wildman–Crippen LogP) is 4.14. The first-order valence-corrected chi connectivity index (χ1v) is 8.11. The van der Waals surface area contributed by atoms with Crippen molar-refractivity contribution in [3.8, 4) is 0 Å². The minimum Gasteiger partial charge on any atom is -0.294 e. The van der Waals surface area contributed by atoms with Crippen molar-refractivity contribution in [2.24, 2.45) is 13.0 Å². The van der Waals surface area contributed by atoms with E-state index in [0.29, 0.717) is 12.0 Å². The highest BCUT2D eigenvalue weighted by molar-refractivity contribution is 9.10. The Morgan fingerprint density at radius 2 is 1.84 bits per heavy atom. The third-order valence-electron chi connectivity index (χ3n) is 3.67. The molecule has 0 radical (unpaired) electrons. The molecule has 0 aliphatic heterocycles. The van der Waals surface area contributed by atoms with E-state index < -0.39 is 0 Å². The van der Waals surface area contributed by atoms with Gasteiger partial charge in [-0.05, 0) is 41.6 Å². The molecule has 0 amide bonds. The van der Waals surface area contributed by atoms with Gasteiger partial charge in [0.15, 0.2) is 0 Å². The van der Waals surface area contributed by atoms with Crippen LogP contribution in [0.2, 0.25) is 0 Å². The maximum absolute atomic E-state index is 4.50. The van der Waals surface area contributed by atoms with Gasteiger partial charge in [0.2, 0.25) is 0 Å². The van der Waals surface area contributed by atoms with Gasteiger partial charge in [-0.2, -0.15) is 5.10 Å². The van der Waals surface area contributed by atoms with E-state index in [4.69, 9.17) is 0 Å². The first-order valence-electron chi connectivity index (χ1n) is 7.32. The molecule has 1 aromatic heterocycles. The first kappa shape index (κ1) is 16.7. The van der Waals surface area contributed by atoms with E-state index in [9.17, 15) is 0 Å². The molecule has 1 aromatic rings. The fourth-order valence-electron chi connectivity index (χ4n) is 2.66. The fourth-order valence-corrected chi connectivity index (χ4v) is 3.12. The zero-order valence-corrected chi connectivity index (χ0v) is 14.8. The second-order valence-corrected chi connectivity index (χ2v) is 6.56. The first-order chi connectivity index (χ1) is 8.90. The number of aromatic nitrogens is 2. The molecule has 0 N–H and O–H groups in total. The molecule has 110 valence electrons. The molecule has 0 unspecified atom stereocenters. The van der Waals surface area contributed by atoms with E-state index in [0.717, 1.165) is 23.3 Å². The minimum absolute atomic E-state index is 0.657. The lowest BCUT2D eigenvalue weighted by Gasteiger charge is -2.32. The average molecular weight is 330 g/mol. The van der Waals surface area contributed by atoms with Crippen molar-refractivity contribution in [3.05, 3.63) is 15.9 Å². The molecular weight excluding hydrogens is 302 g/mol. The molecule has 1 rings (SSSR count). The van der Waals surface area contributed by atoms with Gasteiger partial charge in [-0.25, -0.2) is 0 Å². The molecule has 1 heterocycles. The lowest BCUT2D eigenvalue weighted by Crippen LogP contribution is -2.37. The molecule has 0 atom stereocenters. The van der Waals surface area contributed by atoms with Gasteiger partial charge in [0, 0.05) is 26.2 Å². The van der Waals surface area contributed by atoms with Crippen LogP contribution >= 0.6 is 15.9 Å². The van der Waals surface area contributed by atoms with Crippen LogP contribution in [0.4, 0.5) is 0 Å². The van der Waals surface area contributed by atoms with Crippen LogP contribution in [-0.4, -0.2) is 27.3 Å². The summed E-state index contributed by atoms with van der Waals surface area (Å²) < 4.78 is 3.17. The Kier molecular flexibility index (Phi) is 6.54. The monoisotopic (exact) mass is 329 g/mol. The Labute approximate surface area is 126 Å². The van der Waals surface area contributed by atoms with Gasteiger partial charge in [-0.3, -0.25) is 9.58 Å². The summed E-state index contributed by atoms with van der Waals surface area (Å²) in [5.74, 6) is 0.689. The zero-order valence-electron chi connectivity index (χ0n) is 13.2. The zero-order chi connectivity index (χ0) is 14.6. The Hall–Kier alpha value is -0.350. The summed E-state index contributed by atoms with van der Waals surface area (Å²) in [5.41, 5.74) is 2.36. The maximum Gasteiger partial charge on any atom is 0.0739 e. The molecule has 19 heavy (non-hydrogen) atoms. The van der Waals surface area contributed by atoms with Crippen LogP contribution in [0.15, 0.2) is 4.47 Å². The molecule has 0 saturated heterocycles. The molecule has 0 saturated carbocycles. The highest BCUT2D eigenvalue weighted by atomic mass is 79.9. The molecular formula is C15H28BrN3. The normalized spacial score (nSPS) is 12.1. The second kappa shape index (κ2) is 7.44. The molecule has 0 aromatic carbocycles. The van der Waals surface area contributed by atoms with Crippen molar-refractivity contribution in [1.82, 2.24) is 14.7 Å². The van der Waals surface area contributed by atoms with Gasteiger partial charge < -0.3 is 0 Å². The van der Waals surface area contributed by atoms with Crippen molar-refractivity contribution in [2.45, 2.75) is 60.0 Å². The van der Waals surface area contributed by atoms with E-state index in [2.05, 4.69) is 60.5 Å². The molecule has 0 aliphatic carbocycles. The van der Waals surface area contributed by atoms with Crippen molar-refractivity contribution in [3.63, 3.8) is 0 Å². The highest BCUT2D eigenvalue weighted by Gasteiger charge is 2.20. The third-order valence-corrected chi connectivity index (χ3v) is 4.70. The summed E-state index contributed by atoms with van der Waals surface area (Å²) in [6, 6.07) is 0.657. The van der Waals surface area contributed by atoms with E-state index in [-0.39, 0.29) is 0 Å². The number of aryl methyl sites for hydroxylation is 2. The van der Waals surface area contributed by atoms with Gasteiger partial charge in [-0.1, -0.05) is 27.7 Å². The molecule has 4 heteroatoms. The second-order valence-electron chi connectivity index (χ2n) is 5.76. The quantitative estimate of drug-likeness (QED) is 0.749. The van der Waals surface area contributed by atoms with Gasteiger partial charge >= 0.3 is 0 Å². The van der Waals surface area contributed by atoms with Gasteiger partial charge in [0.05, 0.1) is 15.9 Å². The number of halogens is 1. The summed E-state index contributed by atoms with van der Waals surface area (Å²) in [7, 11) is 2.04. The smallest absolute Gasteiger partial charge is 0.0739 e. The van der Waals surface area contributed by atoms with E-state index in [1.807, 2.05) is 11.7 Å². The molecule has 0 aliphatic rings. The number of hydrogen-bond donors (Lipinski definition) is 0. The lowest BCUT2D eigenvalue weighted by atomic mass is 10.1. The van der Waals surface area contributed by atoms with Gasteiger partial charge in [0.1, 0.15) is 0 Å². The van der Waals surface area contributed by atoms with Crippen molar-refractivity contribution < 1.29 is 0 Å². The summed E-state index contributed by atoms with van der Waals surface area (Å²) in [5, 5.41) is 4.50. The highest BCUT2D eigenvalue weighted by Crippen LogP contribution is 2.24. The Morgan fingerprint density at radius 1 is 1.26 bits per heavy atom. The largest absolute Gasteiger partial charge is 0.294 e. The maximum atomic E-state index is 4.50. The summed E-state index contributed by atoms with van der Waals surface area (Å²) >= 11 is 3.68. The van der Waals surface area contributed by atoms with Crippen LogP contribution in [0.5, 0.6) is 0 Å². The van der Waals surface area contributed by atoms with Crippen LogP contribution in [0.1, 0.15) is 51.9 Å². The van der Waals surface area contributed by atoms with E-state index in [1.165, 1.54) is 18.5 Å². The average Bonchev–Trinajstić information content (AvgIpc) is 2.56. The van der Waals surface area contributed by atoms with Crippen LogP contribution < -0.4 is 0 Å². The number of rotatable bonds is 7. The third kappa shape index (κ3) is 4.32. The molecule has 0 bridgehead atoms. The fraction of sp³-hybridized carbons (Fsp3) is 0.800. The van der Waals surface area contributed by atoms with Crippen molar-refractivity contribution in [1.29, 1.82) is 0 Å². The van der Waals surface area contributed by atoms with Crippen LogP contribution in [-0.2, 0) is 13.6 Å². The number of hydrogen-bond acceptors (Lipinski definition) is 2. The van der Waals surface area contributed by atoms with Crippen LogP contribution in [0, 0.1) is 12.8 Å². The summed E-state index contributed by atoms with van der Waals surface area (Å²) in [6.45, 7) is 13.3. The molecule has 3 nitrogen and oxygen atoms in total. The van der Waals surface area contributed by atoms with Gasteiger partial charge in [0.25, 0.3) is 0 Å². The SMILES string of the molecule is CCC(CC)N(Cc1c(Br)c(C)nn1C)CC(C)C. The van der Waals surface area contributed by atoms with Crippen molar-refractivity contribution >= 4 is 15.9 Å². The van der Waals surface area contributed by atoms with Gasteiger partial charge in [-0.15, -0.1) is 0 Å². The topological polar surface area (TPSA) is 21.1 Å². The Balaban J connectivity index is 2.93. The summed E-state index contributed by atoms with van der Waals surface area (Å²) in [4.78, 5) is 2.60. The summed E-state index contributed by atoms with van der Waals surface area (Å²) in [6.07, 6.45) is 2.41. The number of nitrogens with zero attached hydrogens (tertiary/aromatic N) is 3.